The van der Waals surface area contributed by atoms with Crippen molar-refractivity contribution in [2.24, 2.45) is 0 Å². The first-order chi connectivity index (χ1) is 7.59. The monoisotopic (exact) mass is 225 g/mol. The maximum Gasteiger partial charge on any atom is 0.141 e. The van der Waals surface area contributed by atoms with Crippen LogP contribution in [0, 0.1) is 5.82 Å². The summed E-state index contributed by atoms with van der Waals surface area (Å²) in [5.74, 6) is -0.288. The predicted octanol–water partition coefficient (Wildman–Crippen LogP) is 1.82. The second kappa shape index (κ2) is 6.55. The quantitative estimate of drug-likeness (QED) is 0.749. The van der Waals surface area contributed by atoms with Crippen LogP contribution in [0.15, 0.2) is 18.3 Å². The molecule has 1 aromatic heterocycles. The molecule has 16 heavy (non-hydrogen) atoms. The molecular formula is C12H20FN3. The predicted molar refractivity (Wildman–Crippen MR) is 63.8 cm³/mol. The summed E-state index contributed by atoms with van der Waals surface area (Å²) in [5.41, 5.74) is 0.881. The van der Waals surface area contributed by atoms with Crippen LogP contribution in [0.5, 0.6) is 0 Å². The Bertz CT molecular complexity index is 298. The van der Waals surface area contributed by atoms with E-state index in [9.17, 15) is 4.39 Å². The molecule has 0 amide bonds. The zero-order valence-corrected chi connectivity index (χ0v) is 10.2. The Labute approximate surface area is 96.7 Å². The van der Waals surface area contributed by atoms with E-state index in [1.807, 2.05) is 6.92 Å². The number of pyridine rings is 1. The highest BCUT2D eigenvalue weighted by Crippen LogP contribution is 2.08. The molecule has 0 fully saturated rings. The van der Waals surface area contributed by atoms with Crippen LogP contribution in [0.3, 0.4) is 0 Å². The molecule has 1 aromatic rings. The number of nitrogens with zero attached hydrogens (tertiary/aromatic N) is 2. The second-order valence-corrected chi connectivity index (χ2v) is 4.23. The number of halogens is 1. The SMILES string of the molecule is CC(NCCCN(C)C)c1ccc(F)cn1. The minimum atomic E-state index is -0.288. The largest absolute Gasteiger partial charge is 0.309 e. The van der Waals surface area contributed by atoms with Gasteiger partial charge in [0, 0.05) is 6.04 Å². The molecule has 0 saturated carbocycles. The first-order valence-corrected chi connectivity index (χ1v) is 5.59. The fraction of sp³-hybridized carbons (Fsp3) is 0.583. The maximum atomic E-state index is 12.7. The maximum absolute atomic E-state index is 12.7. The van der Waals surface area contributed by atoms with Gasteiger partial charge in [-0.1, -0.05) is 0 Å². The topological polar surface area (TPSA) is 28.2 Å². The van der Waals surface area contributed by atoms with E-state index < -0.39 is 0 Å². The molecule has 0 aliphatic carbocycles. The van der Waals surface area contributed by atoms with E-state index >= 15 is 0 Å². The van der Waals surface area contributed by atoms with Crippen molar-refractivity contribution >= 4 is 0 Å². The Hall–Kier alpha value is -1.00. The zero-order valence-electron chi connectivity index (χ0n) is 10.2. The van der Waals surface area contributed by atoms with E-state index in [1.54, 1.807) is 6.07 Å². The van der Waals surface area contributed by atoms with Crippen LogP contribution in [0.4, 0.5) is 4.39 Å². The first-order valence-electron chi connectivity index (χ1n) is 5.59. The van der Waals surface area contributed by atoms with Crippen LogP contribution in [0.1, 0.15) is 25.1 Å². The third-order valence-electron chi connectivity index (χ3n) is 2.43. The Kier molecular flexibility index (Phi) is 5.35. The van der Waals surface area contributed by atoms with Gasteiger partial charge >= 0.3 is 0 Å². The molecule has 0 aliphatic heterocycles. The van der Waals surface area contributed by atoms with Crippen LogP contribution in [0.25, 0.3) is 0 Å². The number of aromatic nitrogens is 1. The Morgan fingerprint density at radius 3 is 2.75 bits per heavy atom. The smallest absolute Gasteiger partial charge is 0.141 e. The van der Waals surface area contributed by atoms with Crippen molar-refractivity contribution in [1.82, 2.24) is 15.2 Å². The van der Waals surface area contributed by atoms with E-state index in [0.29, 0.717) is 0 Å². The van der Waals surface area contributed by atoms with Gasteiger partial charge in [0.25, 0.3) is 0 Å². The summed E-state index contributed by atoms with van der Waals surface area (Å²) < 4.78 is 12.7. The van der Waals surface area contributed by atoms with Crippen molar-refractivity contribution in [3.8, 4) is 0 Å². The highest BCUT2D eigenvalue weighted by Gasteiger charge is 2.05. The molecule has 1 rings (SSSR count). The minimum Gasteiger partial charge on any atom is -0.309 e. The Morgan fingerprint density at radius 2 is 2.19 bits per heavy atom. The van der Waals surface area contributed by atoms with Crippen molar-refractivity contribution in [3.63, 3.8) is 0 Å². The molecular weight excluding hydrogens is 205 g/mol. The van der Waals surface area contributed by atoms with Crippen molar-refractivity contribution in [2.45, 2.75) is 19.4 Å². The lowest BCUT2D eigenvalue weighted by Crippen LogP contribution is -2.24. The lowest BCUT2D eigenvalue weighted by atomic mass is 10.2. The van der Waals surface area contributed by atoms with E-state index in [-0.39, 0.29) is 11.9 Å². The average Bonchev–Trinajstić information content (AvgIpc) is 2.25. The van der Waals surface area contributed by atoms with Gasteiger partial charge in [-0.25, -0.2) is 4.39 Å². The normalized spacial score (nSPS) is 13.1. The number of hydrogen-bond acceptors (Lipinski definition) is 3. The van der Waals surface area contributed by atoms with Gasteiger partial charge in [0.05, 0.1) is 11.9 Å². The van der Waals surface area contributed by atoms with Crippen molar-refractivity contribution in [3.05, 3.63) is 29.8 Å². The van der Waals surface area contributed by atoms with Crippen LogP contribution in [0.2, 0.25) is 0 Å². The molecule has 1 atom stereocenters. The second-order valence-electron chi connectivity index (χ2n) is 4.23. The molecule has 4 heteroatoms. The number of hydrogen-bond donors (Lipinski definition) is 1. The van der Waals surface area contributed by atoms with E-state index in [0.717, 1.165) is 25.2 Å². The van der Waals surface area contributed by atoms with Crippen molar-refractivity contribution < 1.29 is 4.39 Å². The molecule has 1 N–H and O–H groups in total. The lowest BCUT2D eigenvalue weighted by molar-refractivity contribution is 0.388. The van der Waals surface area contributed by atoms with Gasteiger partial charge in [0.15, 0.2) is 0 Å². The molecule has 0 bridgehead atoms. The van der Waals surface area contributed by atoms with E-state index in [1.165, 1.54) is 12.3 Å². The third-order valence-corrected chi connectivity index (χ3v) is 2.43. The van der Waals surface area contributed by atoms with Gasteiger partial charge in [-0.05, 0) is 52.7 Å². The lowest BCUT2D eigenvalue weighted by Gasteiger charge is -2.14. The third kappa shape index (κ3) is 4.68. The van der Waals surface area contributed by atoms with Gasteiger partial charge in [0.2, 0.25) is 0 Å². The molecule has 1 heterocycles. The molecule has 3 nitrogen and oxygen atoms in total. The number of nitrogens with one attached hydrogen (secondary N) is 1. The minimum absolute atomic E-state index is 0.169. The molecule has 90 valence electrons. The van der Waals surface area contributed by atoms with Gasteiger partial charge in [-0.3, -0.25) is 4.98 Å². The fourth-order valence-corrected chi connectivity index (χ4v) is 1.46. The van der Waals surface area contributed by atoms with Gasteiger partial charge in [-0.2, -0.15) is 0 Å². The summed E-state index contributed by atoms with van der Waals surface area (Å²) in [4.78, 5) is 6.20. The average molecular weight is 225 g/mol. The van der Waals surface area contributed by atoms with Crippen LogP contribution in [-0.4, -0.2) is 37.1 Å². The molecule has 0 saturated heterocycles. The van der Waals surface area contributed by atoms with Gasteiger partial charge in [-0.15, -0.1) is 0 Å². The Morgan fingerprint density at radius 1 is 1.44 bits per heavy atom. The standard InChI is InChI=1S/C12H20FN3/c1-10(14-7-4-8-16(2)3)12-6-5-11(13)9-15-12/h5-6,9-10,14H,4,7-8H2,1-3H3. The zero-order chi connectivity index (χ0) is 12.0. The fourth-order valence-electron chi connectivity index (χ4n) is 1.46. The Balaban J connectivity index is 2.29. The number of rotatable bonds is 6. The van der Waals surface area contributed by atoms with Crippen LogP contribution in [-0.2, 0) is 0 Å². The van der Waals surface area contributed by atoms with Gasteiger partial charge < -0.3 is 10.2 Å². The first kappa shape index (κ1) is 13.1. The van der Waals surface area contributed by atoms with Crippen molar-refractivity contribution in [2.75, 3.05) is 27.2 Å². The van der Waals surface area contributed by atoms with Crippen LogP contribution >= 0.6 is 0 Å². The molecule has 0 aromatic carbocycles. The highest BCUT2D eigenvalue weighted by atomic mass is 19.1. The molecule has 1 unspecified atom stereocenters. The summed E-state index contributed by atoms with van der Waals surface area (Å²) in [6.45, 7) is 4.05. The summed E-state index contributed by atoms with van der Waals surface area (Å²) >= 11 is 0. The molecule has 0 spiro atoms. The van der Waals surface area contributed by atoms with E-state index in [4.69, 9.17) is 0 Å². The summed E-state index contributed by atoms with van der Waals surface area (Å²) in [6, 6.07) is 3.34. The summed E-state index contributed by atoms with van der Waals surface area (Å²) in [6.07, 6.45) is 2.35. The molecule has 0 aliphatic rings. The summed E-state index contributed by atoms with van der Waals surface area (Å²) in [5, 5.41) is 3.36. The van der Waals surface area contributed by atoms with Gasteiger partial charge in [0.1, 0.15) is 5.82 Å². The van der Waals surface area contributed by atoms with E-state index in [2.05, 4.69) is 29.3 Å². The molecule has 0 radical (unpaired) electrons. The van der Waals surface area contributed by atoms with Crippen LogP contribution < -0.4 is 5.32 Å². The summed E-state index contributed by atoms with van der Waals surface area (Å²) in [7, 11) is 4.12. The van der Waals surface area contributed by atoms with Crippen molar-refractivity contribution in [1.29, 1.82) is 0 Å². The highest BCUT2D eigenvalue weighted by molar-refractivity contribution is 5.08.